The molecule has 150 valence electrons. The SMILES string of the molecule is CCOP(=O)(OCC)C(CC(=O)C(C)C)=C(c1ccccc1)c1ccccc1. The number of ketones is 1. The van der Waals surface area contributed by atoms with Crippen molar-refractivity contribution in [2.45, 2.75) is 34.1 Å². The van der Waals surface area contributed by atoms with E-state index in [1.54, 1.807) is 13.8 Å². The molecule has 0 amide bonds. The van der Waals surface area contributed by atoms with Gasteiger partial charge in [-0.3, -0.25) is 9.36 Å². The van der Waals surface area contributed by atoms with Crippen LogP contribution in [0, 0.1) is 5.92 Å². The van der Waals surface area contributed by atoms with Crippen molar-refractivity contribution < 1.29 is 18.4 Å². The molecule has 0 aromatic heterocycles. The predicted molar refractivity (Wildman–Crippen MR) is 114 cm³/mol. The van der Waals surface area contributed by atoms with Gasteiger partial charge in [0.05, 0.1) is 18.5 Å². The Morgan fingerprint density at radius 1 is 0.857 bits per heavy atom. The molecular weight excluding hydrogens is 371 g/mol. The van der Waals surface area contributed by atoms with E-state index >= 15 is 0 Å². The minimum Gasteiger partial charge on any atom is -0.306 e. The Morgan fingerprint density at radius 3 is 1.64 bits per heavy atom. The van der Waals surface area contributed by atoms with E-state index in [-0.39, 0.29) is 31.3 Å². The highest BCUT2D eigenvalue weighted by molar-refractivity contribution is 7.58. The number of Topliss-reactive ketones (excluding diaryl/α,β-unsaturated/α-hetero) is 1. The Labute approximate surface area is 168 Å². The molecule has 0 saturated heterocycles. The number of carbonyl (C=O) groups excluding carboxylic acids is 1. The van der Waals surface area contributed by atoms with E-state index in [2.05, 4.69) is 0 Å². The molecule has 0 aliphatic heterocycles. The highest BCUT2D eigenvalue weighted by Crippen LogP contribution is 2.60. The molecule has 0 radical (unpaired) electrons. The Bertz CT molecular complexity index is 790. The van der Waals surface area contributed by atoms with Gasteiger partial charge >= 0.3 is 7.60 Å². The lowest BCUT2D eigenvalue weighted by Gasteiger charge is -2.24. The van der Waals surface area contributed by atoms with Gasteiger partial charge in [0.2, 0.25) is 0 Å². The quantitative estimate of drug-likeness (QED) is 0.438. The smallest absolute Gasteiger partial charge is 0.306 e. The van der Waals surface area contributed by atoms with Crippen molar-refractivity contribution in [3.8, 4) is 0 Å². The second-order valence-corrected chi connectivity index (χ2v) is 8.74. The van der Waals surface area contributed by atoms with Crippen LogP contribution in [0.4, 0.5) is 0 Å². The Hall–Kier alpha value is -2.00. The summed E-state index contributed by atoms with van der Waals surface area (Å²) in [6, 6.07) is 19.3. The van der Waals surface area contributed by atoms with Gasteiger partial charge in [-0.2, -0.15) is 0 Å². The second-order valence-electron chi connectivity index (χ2n) is 6.68. The fourth-order valence-electron chi connectivity index (χ4n) is 2.93. The van der Waals surface area contributed by atoms with Crippen LogP contribution in [0.1, 0.15) is 45.2 Å². The van der Waals surface area contributed by atoms with E-state index in [0.717, 1.165) is 16.7 Å². The van der Waals surface area contributed by atoms with Crippen molar-refractivity contribution in [2.24, 2.45) is 5.92 Å². The zero-order valence-corrected chi connectivity index (χ0v) is 17.9. The molecule has 0 N–H and O–H groups in total. The normalized spacial score (nSPS) is 11.5. The zero-order chi connectivity index (χ0) is 20.6. The van der Waals surface area contributed by atoms with E-state index in [1.807, 2.05) is 74.5 Å². The average molecular weight is 400 g/mol. The first kappa shape index (κ1) is 22.3. The number of rotatable bonds is 10. The number of allylic oxidation sites excluding steroid dienone is 1. The van der Waals surface area contributed by atoms with Crippen molar-refractivity contribution in [3.63, 3.8) is 0 Å². The minimum atomic E-state index is -3.65. The molecule has 0 atom stereocenters. The number of carbonyl (C=O) groups is 1. The molecule has 0 saturated carbocycles. The van der Waals surface area contributed by atoms with Crippen LogP contribution >= 0.6 is 7.60 Å². The van der Waals surface area contributed by atoms with Crippen LogP contribution in [0.25, 0.3) is 5.57 Å². The van der Waals surface area contributed by atoms with E-state index < -0.39 is 7.60 Å². The fraction of sp³-hybridized carbons (Fsp3) is 0.348. The maximum atomic E-state index is 13.8. The summed E-state index contributed by atoms with van der Waals surface area (Å²) in [5.41, 5.74) is 2.49. The number of benzene rings is 2. The maximum Gasteiger partial charge on any atom is 0.358 e. The first-order chi connectivity index (χ1) is 13.4. The summed E-state index contributed by atoms with van der Waals surface area (Å²) in [5, 5.41) is 0.423. The van der Waals surface area contributed by atoms with Gasteiger partial charge in [-0.05, 0) is 25.0 Å². The molecule has 0 heterocycles. The van der Waals surface area contributed by atoms with Crippen molar-refractivity contribution in [1.82, 2.24) is 0 Å². The molecule has 0 unspecified atom stereocenters. The molecule has 2 aromatic carbocycles. The third-order valence-electron chi connectivity index (χ3n) is 4.33. The first-order valence-electron chi connectivity index (χ1n) is 9.69. The molecule has 0 aliphatic carbocycles. The molecule has 5 heteroatoms. The van der Waals surface area contributed by atoms with E-state index in [9.17, 15) is 9.36 Å². The molecule has 0 fully saturated rings. The molecule has 0 bridgehead atoms. The third kappa shape index (κ3) is 5.51. The van der Waals surface area contributed by atoms with E-state index in [0.29, 0.717) is 5.31 Å². The lowest BCUT2D eigenvalue weighted by molar-refractivity contribution is -0.121. The molecule has 28 heavy (non-hydrogen) atoms. The van der Waals surface area contributed by atoms with Gasteiger partial charge in [-0.25, -0.2) is 0 Å². The summed E-state index contributed by atoms with van der Waals surface area (Å²) >= 11 is 0. The summed E-state index contributed by atoms with van der Waals surface area (Å²) in [6.07, 6.45) is 0.0219. The number of hydrogen-bond acceptors (Lipinski definition) is 4. The predicted octanol–water partition coefficient (Wildman–Crippen LogP) is 6.33. The van der Waals surface area contributed by atoms with Gasteiger partial charge in [0.25, 0.3) is 0 Å². The van der Waals surface area contributed by atoms with Crippen LogP contribution in [0.2, 0.25) is 0 Å². The lowest BCUT2D eigenvalue weighted by Crippen LogP contribution is -2.12. The fourth-order valence-corrected chi connectivity index (χ4v) is 4.88. The van der Waals surface area contributed by atoms with Crippen molar-refractivity contribution in [2.75, 3.05) is 13.2 Å². The van der Waals surface area contributed by atoms with Gasteiger partial charge in [-0.15, -0.1) is 0 Å². The number of hydrogen-bond donors (Lipinski definition) is 0. The van der Waals surface area contributed by atoms with Crippen molar-refractivity contribution in [1.29, 1.82) is 0 Å². The van der Waals surface area contributed by atoms with E-state index in [1.165, 1.54) is 0 Å². The largest absolute Gasteiger partial charge is 0.358 e. The highest BCUT2D eigenvalue weighted by Gasteiger charge is 2.35. The first-order valence-corrected chi connectivity index (χ1v) is 11.2. The van der Waals surface area contributed by atoms with Crippen LogP contribution in [0.5, 0.6) is 0 Å². The van der Waals surface area contributed by atoms with Crippen LogP contribution in [0.15, 0.2) is 66.0 Å². The van der Waals surface area contributed by atoms with Gasteiger partial charge in [0.1, 0.15) is 5.78 Å². The Balaban J connectivity index is 2.83. The van der Waals surface area contributed by atoms with Crippen LogP contribution in [0.3, 0.4) is 0 Å². The summed E-state index contributed by atoms with van der Waals surface area (Å²) < 4.78 is 25.1. The Morgan fingerprint density at radius 2 is 1.29 bits per heavy atom. The summed E-state index contributed by atoms with van der Waals surface area (Å²) in [5.74, 6) is -0.182. The molecule has 0 spiro atoms. The van der Waals surface area contributed by atoms with Crippen LogP contribution in [-0.2, 0) is 18.4 Å². The Kier molecular flexibility index (Phi) is 8.37. The summed E-state index contributed by atoms with van der Waals surface area (Å²) in [6.45, 7) is 7.70. The lowest BCUT2D eigenvalue weighted by atomic mass is 9.95. The van der Waals surface area contributed by atoms with Gasteiger partial charge in [0, 0.05) is 17.9 Å². The molecular formula is C23H29O4P. The van der Waals surface area contributed by atoms with Crippen molar-refractivity contribution >= 4 is 19.0 Å². The third-order valence-corrected chi connectivity index (χ3v) is 6.57. The van der Waals surface area contributed by atoms with Crippen LogP contribution in [-0.4, -0.2) is 19.0 Å². The molecule has 4 nitrogen and oxygen atoms in total. The molecule has 2 aromatic rings. The van der Waals surface area contributed by atoms with Crippen molar-refractivity contribution in [3.05, 3.63) is 77.1 Å². The zero-order valence-electron chi connectivity index (χ0n) is 17.1. The van der Waals surface area contributed by atoms with Gasteiger partial charge in [0.15, 0.2) is 0 Å². The van der Waals surface area contributed by atoms with E-state index in [4.69, 9.17) is 9.05 Å². The molecule has 0 aliphatic rings. The topological polar surface area (TPSA) is 52.6 Å². The average Bonchev–Trinajstić information content (AvgIpc) is 2.69. The minimum absolute atomic E-state index is 0.000932. The van der Waals surface area contributed by atoms with Gasteiger partial charge < -0.3 is 9.05 Å². The van der Waals surface area contributed by atoms with Crippen LogP contribution < -0.4 is 0 Å². The van der Waals surface area contributed by atoms with Gasteiger partial charge in [-0.1, -0.05) is 74.5 Å². The summed E-state index contributed by atoms with van der Waals surface area (Å²) in [4.78, 5) is 12.7. The highest BCUT2D eigenvalue weighted by atomic mass is 31.2. The standard InChI is InChI=1S/C23H29O4P/c1-5-26-28(25,27-6-2)22(17-21(24)18(3)4)23(19-13-9-7-10-14-19)20-15-11-8-12-16-20/h7-16,18H,5-6,17H2,1-4H3. The molecule has 2 rings (SSSR count). The second kappa shape index (κ2) is 10.5. The summed E-state index contributed by atoms with van der Waals surface area (Å²) in [7, 11) is -3.65. The maximum absolute atomic E-state index is 13.8. The monoisotopic (exact) mass is 400 g/mol.